The maximum atomic E-state index is 12.1. The van der Waals surface area contributed by atoms with E-state index in [-0.39, 0.29) is 5.56 Å². The van der Waals surface area contributed by atoms with Crippen LogP contribution < -0.4 is 10.4 Å². The average Bonchev–Trinajstić information content (AvgIpc) is 2.93. The average molecular weight is 356 g/mol. The van der Waals surface area contributed by atoms with E-state index in [1.165, 1.54) is 29.8 Å². The predicted octanol–water partition coefficient (Wildman–Crippen LogP) is 2.28. The second kappa shape index (κ2) is 6.86. The van der Waals surface area contributed by atoms with Gasteiger partial charge in [0.1, 0.15) is 21.9 Å². The fraction of sp³-hybridized carbons (Fsp3) is 0.176. The quantitative estimate of drug-likeness (QED) is 0.699. The highest BCUT2D eigenvalue weighted by atomic mass is 32.1. The summed E-state index contributed by atoms with van der Waals surface area (Å²) < 4.78 is 5.07. The Bertz CT molecular complexity index is 968. The number of esters is 1. The van der Waals surface area contributed by atoms with E-state index in [9.17, 15) is 14.7 Å². The van der Waals surface area contributed by atoms with E-state index in [0.717, 1.165) is 5.56 Å². The molecule has 0 aliphatic heterocycles. The standard InChI is InChI=1S/C17H15N3O4S/c1-3-24-17(23)13-9(2)12-14(18-8-19-15(12)25-13)20-11-6-4-5-10(7-11)16(21)22/h4-8H,3H2,1-2H3,(H,21,22)(H,18,19,20)/p-1. The van der Waals surface area contributed by atoms with Gasteiger partial charge in [0.05, 0.1) is 18.0 Å². The van der Waals surface area contributed by atoms with E-state index in [0.29, 0.717) is 33.2 Å². The molecule has 2 aromatic heterocycles. The number of nitrogens with zero attached hydrogens (tertiary/aromatic N) is 2. The number of aryl methyl sites for hydroxylation is 1. The third kappa shape index (κ3) is 3.29. The molecule has 0 saturated carbocycles. The third-order valence-electron chi connectivity index (χ3n) is 3.55. The molecule has 3 rings (SSSR count). The SMILES string of the molecule is CCOC(=O)c1sc2ncnc(Nc3cccc(C(=O)[O-])c3)c2c1C. The van der Waals surface area contributed by atoms with E-state index < -0.39 is 11.9 Å². The van der Waals surface area contributed by atoms with Crippen LogP contribution in [0, 0.1) is 6.92 Å². The van der Waals surface area contributed by atoms with Gasteiger partial charge in [-0.3, -0.25) is 0 Å². The molecular weight excluding hydrogens is 342 g/mol. The van der Waals surface area contributed by atoms with E-state index in [2.05, 4.69) is 15.3 Å². The molecule has 0 radical (unpaired) electrons. The molecule has 7 nitrogen and oxygen atoms in total. The number of nitrogens with one attached hydrogen (secondary N) is 1. The van der Waals surface area contributed by atoms with Gasteiger partial charge in [-0.2, -0.15) is 0 Å². The van der Waals surface area contributed by atoms with Crippen LogP contribution in [0.5, 0.6) is 0 Å². The molecule has 0 saturated heterocycles. The van der Waals surface area contributed by atoms with Crippen LogP contribution in [0.3, 0.4) is 0 Å². The maximum absolute atomic E-state index is 12.1. The van der Waals surface area contributed by atoms with Gasteiger partial charge < -0.3 is 20.0 Å². The Balaban J connectivity index is 2.04. The first-order valence-corrected chi connectivity index (χ1v) is 8.32. The van der Waals surface area contributed by atoms with Gasteiger partial charge in [-0.05, 0) is 37.1 Å². The second-order valence-corrected chi connectivity index (χ2v) is 6.17. The van der Waals surface area contributed by atoms with Crippen molar-refractivity contribution in [2.45, 2.75) is 13.8 Å². The molecule has 0 unspecified atom stereocenters. The number of hydrogen-bond acceptors (Lipinski definition) is 8. The first-order valence-electron chi connectivity index (χ1n) is 7.51. The number of carbonyl (C=O) groups excluding carboxylic acids is 2. The Morgan fingerprint density at radius 1 is 1.32 bits per heavy atom. The van der Waals surface area contributed by atoms with Crippen LogP contribution in [0.25, 0.3) is 10.2 Å². The summed E-state index contributed by atoms with van der Waals surface area (Å²) in [5.41, 5.74) is 1.33. The molecule has 0 bridgehead atoms. The van der Waals surface area contributed by atoms with Crippen molar-refractivity contribution in [3.8, 4) is 0 Å². The number of fused-ring (bicyclic) bond motifs is 1. The van der Waals surface area contributed by atoms with Crippen molar-refractivity contribution in [1.82, 2.24) is 9.97 Å². The molecule has 0 amide bonds. The summed E-state index contributed by atoms with van der Waals surface area (Å²) in [7, 11) is 0. The van der Waals surface area contributed by atoms with Crippen LogP contribution in [-0.4, -0.2) is 28.5 Å². The Labute approximate surface area is 147 Å². The largest absolute Gasteiger partial charge is 0.545 e. The molecule has 8 heteroatoms. The van der Waals surface area contributed by atoms with Gasteiger partial charge in [-0.15, -0.1) is 11.3 Å². The number of anilines is 2. The lowest BCUT2D eigenvalue weighted by Gasteiger charge is -2.09. The molecule has 0 aliphatic carbocycles. The maximum Gasteiger partial charge on any atom is 0.348 e. The molecule has 25 heavy (non-hydrogen) atoms. The summed E-state index contributed by atoms with van der Waals surface area (Å²) in [6.07, 6.45) is 1.39. The van der Waals surface area contributed by atoms with Crippen molar-refractivity contribution in [2.24, 2.45) is 0 Å². The Kier molecular flexibility index (Phi) is 4.62. The highest BCUT2D eigenvalue weighted by Gasteiger charge is 2.20. The highest BCUT2D eigenvalue weighted by molar-refractivity contribution is 7.20. The summed E-state index contributed by atoms with van der Waals surface area (Å²) in [5, 5.41) is 14.8. The second-order valence-electron chi connectivity index (χ2n) is 5.17. The van der Waals surface area contributed by atoms with Crippen molar-refractivity contribution in [3.05, 3.63) is 46.6 Å². The van der Waals surface area contributed by atoms with Crippen molar-refractivity contribution in [3.63, 3.8) is 0 Å². The van der Waals surface area contributed by atoms with Crippen LogP contribution >= 0.6 is 11.3 Å². The van der Waals surface area contributed by atoms with Gasteiger partial charge in [-0.25, -0.2) is 14.8 Å². The molecule has 0 aliphatic rings. The molecule has 2 heterocycles. The fourth-order valence-electron chi connectivity index (χ4n) is 2.42. The van der Waals surface area contributed by atoms with Crippen molar-refractivity contribution in [1.29, 1.82) is 0 Å². The van der Waals surface area contributed by atoms with Crippen LogP contribution in [0.1, 0.15) is 32.5 Å². The van der Waals surface area contributed by atoms with E-state index >= 15 is 0 Å². The van der Waals surface area contributed by atoms with Crippen molar-refractivity contribution in [2.75, 3.05) is 11.9 Å². The minimum Gasteiger partial charge on any atom is -0.545 e. The zero-order valence-electron chi connectivity index (χ0n) is 13.5. The Hall–Kier alpha value is -3.00. The topological polar surface area (TPSA) is 104 Å². The lowest BCUT2D eigenvalue weighted by Crippen LogP contribution is -2.22. The summed E-state index contributed by atoms with van der Waals surface area (Å²) in [6, 6.07) is 6.23. The lowest BCUT2D eigenvalue weighted by molar-refractivity contribution is -0.255. The number of hydrogen-bond donors (Lipinski definition) is 1. The summed E-state index contributed by atoms with van der Waals surface area (Å²) in [4.78, 5) is 32.6. The summed E-state index contributed by atoms with van der Waals surface area (Å²) in [6.45, 7) is 3.84. The number of carboxylic acids is 1. The minimum atomic E-state index is -1.26. The van der Waals surface area contributed by atoms with Gasteiger partial charge in [0.15, 0.2) is 0 Å². The zero-order chi connectivity index (χ0) is 18.0. The van der Waals surface area contributed by atoms with E-state index in [4.69, 9.17) is 4.74 Å². The van der Waals surface area contributed by atoms with Crippen molar-refractivity contribution >= 4 is 45.0 Å². The number of ether oxygens (including phenoxy) is 1. The molecule has 1 N–H and O–H groups in total. The van der Waals surface area contributed by atoms with Crippen LogP contribution in [0.4, 0.5) is 11.5 Å². The number of thiophene rings is 1. The number of carbonyl (C=O) groups is 2. The first kappa shape index (κ1) is 16.8. The van der Waals surface area contributed by atoms with Crippen LogP contribution in [0.15, 0.2) is 30.6 Å². The van der Waals surface area contributed by atoms with Crippen molar-refractivity contribution < 1.29 is 19.4 Å². The normalized spacial score (nSPS) is 10.6. The van der Waals surface area contributed by atoms with Gasteiger partial charge in [0.2, 0.25) is 0 Å². The monoisotopic (exact) mass is 356 g/mol. The fourth-order valence-corrected chi connectivity index (χ4v) is 3.46. The number of carboxylic acid groups (broad SMARTS) is 1. The van der Waals surface area contributed by atoms with Crippen LogP contribution in [0.2, 0.25) is 0 Å². The van der Waals surface area contributed by atoms with Gasteiger partial charge >= 0.3 is 5.97 Å². The molecule has 3 aromatic rings. The van der Waals surface area contributed by atoms with Gasteiger partial charge in [0, 0.05) is 5.69 Å². The number of aromatic carboxylic acids is 1. The van der Waals surface area contributed by atoms with Gasteiger partial charge in [0.25, 0.3) is 0 Å². The molecule has 0 spiro atoms. The Morgan fingerprint density at radius 3 is 2.84 bits per heavy atom. The lowest BCUT2D eigenvalue weighted by atomic mass is 10.2. The minimum absolute atomic E-state index is 0.0598. The Morgan fingerprint density at radius 2 is 2.12 bits per heavy atom. The number of rotatable bonds is 5. The van der Waals surface area contributed by atoms with E-state index in [1.54, 1.807) is 26.0 Å². The number of benzene rings is 1. The molecular formula is C17H14N3O4S-. The summed E-state index contributed by atoms with van der Waals surface area (Å²) in [5.74, 6) is -1.16. The molecule has 0 fully saturated rings. The molecule has 0 atom stereocenters. The number of aromatic nitrogens is 2. The molecule has 1 aromatic carbocycles. The third-order valence-corrected chi connectivity index (χ3v) is 4.73. The first-order chi connectivity index (χ1) is 12.0. The molecule has 128 valence electrons. The highest BCUT2D eigenvalue weighted by Crippen LogP contribution is 2.34. The smallest absolute Gasteiger partial charge is 0.348 e. The zero-order valence-corrected chi connectivity index (χ0v) is 14.3. The summed E-state index contributed by atoms with van der Waals surface area (Å²) >= 11 is 1.23. The van der Waals surface area contributed by atoms with Crippen LogP contribution in [-0.2, 0) is 4.74 Å². The predicted molar refractivity (Wildman–Crippen MR) is 92.2 cm³/mol. The van der Waals surface area contributed by atoms with E-state index in [1.807, 2.05) is 0 Å². The van der Waals surface area contributed by atoms with Gasteiger partial charge in [-0.1, -0.05) is 12.1 Å².